The standard InChI is InChI=1S/C21H17N3O7S/c25-20(6-5-12-7-15-16(30-11-29-15)9-14(12)24(26)27)28-10-19-22-23-21(31-19)18-8-13-3-1-2-4-17(13)32-18/h5-9H,1-4,10-11H2/b6-5+. The second-order valence-electron chi connectivity index (χ2n) is 7.23. The molecule has 0 fully saturated rings. The van der Waals surface area contributed by atoms with Crippen molar-refractivity contribution in [2.45, 2.75) is 32.3 Å². The van der Waals surface area contributed by atoms with Crippen LogP contribution >= 0.6 is 11.3 Å². The number of nitrogens with zero attached hydrogens (tertiary/aromatic N) is 3. The molecule has 0 spiro atoms. The molecule has 0 amide bonds. The largest absolute Gasteiger partial charge is 0.454 e. The van der Waals surface area contributed by atoms with Gasteiger partial charge in [-0.25, -0.2) is 4.79 Å². The van der Waals surface area contributed by atoms with E-state index in [1.165, 1.54) is 41.5 Å². The Bertz CT molecular complexity index is 1210. The van der Waals surface area contributed by atoms with Crippen molar-refractivity contribution in [3.05, 3.63) is 56.3 Å². The highest BCUT2D eigenvalue weighted by Crippen LogP contribution is 2.38. The third-order valence-electron chi connectivity index (χ3n) is 5.13. The third kappa shape index (κ3) is 4.06. The second kappa shape index (κ2) is 8.42. The van der Waals surface area contributed by atoms with E-state index < -0.39 is 10.9 Å². The molecule has 1 aromatic carbocycles. The molecular formula is C21H17N3O7S. The smallest absolute Gasteiger partial charge is 0.331 e. The molecule has 0 radical (unpaired) electrons. The molecule has 0 unspecified atom stereocenters. The van der Waals surface area contributed by atoms with Gasteiger partial charge in [0.2, 0.25) is 6.79 Å². The van der Waals surface area contributed by atoms with E-state index in [2.05, 4.69) is 16.3 Å². The average Bonchev–Trinajstić information content (AvgIpc) is 3.53. The Labute approximate surface area is 185 Å². The molecule has 0 saturated carbocycles. The Morgan fingerprint density at radius 3 is 2.81 bits per heavy atom. The average molecular weight is 455 g/mol. The van der Waals surface area contributed by atoms with Gasteiger partial charge in [0.25, 0.3) is 17.5 Å². The lowest BCUT2D eigenvalue weighted by atomic mass is 9.99. The normalized spacial score (nSPS) is 14.5. The van der Waals surface area contributed by atoms with Crippen molar-refractivity contribution in [3.63, 3.8) is 0 Å². The Morgan fingerprint density at radius 1 is 1.19 bits per heavy atom. The number of esters is 1. The summed E-state index contributed by atoms with van der Waals surface area (Å²) in [6, 6.07) is 4.79. The van der Waals surface area contributed by atoms with Crippen molar-refractivity contribution in [1.29, 1.82) is 0 Å². The first kappa shape index (κ1) is 20.2. The first-order chi connectivity index (χ1) is 15.6. The van der Waals surface area contributed by atoms with E-state index in [4.69, 9.17) is 18.6 Å². The van der Waals surface area contributed by atoms with Gasteiger partial charge in [0.15, 0.2) is 18.1 Å². The van der Waals surface area contributed by atoms with Crippen LogP contribution in [0.4, 0.5) is 5.69 Å². The molecule has 2 aromatic heterocycles. The molecule has 164 valence electrons. The van der Waals surface area contributed by atoms with Gasteiger partial charge in [-0.05, 0) is 49.5 Å². The molecule has 3 heterocycles. The van der Waals surface area contributed by atoms with Crippen LogP contribution in [0.15, 0.2) is 28.7 Å². The van der Waals surface area contributed by atoms with Crippen LogP contribution in [0.25, 0.3) is 16.8 Å². The van der Waals surface area contributed by atoms with E-state index in [9.17, 15) is 14.9 Å². The second-order valence-corrected chi connectivity index (χ2v) is 8.37. The van der Waals surface area contributed by atoms with Gasteiger partial charge in [0.05, 0.1) is 21.4 Å². The molecule has 0 atom stereocenters. The highest BCUT2D eigenvalue weighted by molar-refractivity contribution is 7.15. The zero-order chi connectivity index (χ0) is 22.1. The number of nitro groups is 1. The monoisotopic (exact) mass is 455 g/mol. The van der Waals surface area contributed by atoms with E-state index in [0.29, 0.717) is 11.6 Å². The van der Waals surface area contributed by atoms with Crippen molar-refractivity contribution in [2.75, 3.05) is 6.79 Å². The molecule has 1 aliphatic carbocycles. The van der Waals surface area contributed by atoms with Gasteiger partial charge in [-0.2, -0.15) is 0 Å². The van der Waals surface area contributed by atoms with Crippen molar-refractivity contribution in [3.8, 4) is 22.3 Å². The predicted molar refractivity (Wildman–Crippen MR) is 112 cm³/mol. The molecule has 5 rings (SSSR count). The summed E-state index contributed by atoms with van der Waals surface area (Å²) >= 11 is 1.65. The van der Waals surface area contributed by atoms with E-state index in [-0.39, 0.29) is 36.3 Å². The number of ether oxygens (including phenoxy) is 3. The van der Waals surface area contributed by atoms with Crippen molar-refractivity contribution in [1.82, 2.24) is 10.2 Å². The minimum Gasteiger partial charge on any atom is -0.454 e. The van der Waals surface area contributed by atoms with Gasteiger partial charge < -0.3 is 18.6 Å². The predicted octanol–water partition coefficient (Wildman–Crippen LogP) is 4.07. The van der Waals surface area contributed by atoms with Crippen LogP contribution in [-0.2, 0) is 29.0 Å². The maximum Gasteiger partial charge on any atom is 0.331 e. The first-order valence-corrected chi connectivity index (χ1v) is 10.8. The summed E-state index contributed by atoms with van der Waals surface area (Å²) in [6.45, 7) is -0.216. The molecule has 10 nitrogen and oxygen atoms in total. The number of rotatable bonds is 6. The molecule has 0 bridgehead atoms. The molecule has 1 aliphatic heterocycles. The van der Waals surface area contributed by atoms with Crippen molar-refractivity contribution < 1.29 is 28.3 Å². The lowest BCUT2D eigenvalue weighted by molar-refractivity contribution is -0.385. The van der Waals surface area contributed by atoms with Gasteiger partial charge >= 0.3 is 5.97 Å². The van der Waals surface area contributed by atoms with Crippen LogP contribution < -0.4 is 9.47 Å². The summed E-state index contributed by atoms with van der Waals surface area (Å²) in [6.07, 6.45) is 6.91. The zero-order valence-corrected chi connectivity index (χ0v) is 17.6. The fraction of sp³-hybridized carbons (Fsp3) is 0.286. The van der Waals surface area contributed by atoms with Crippen LogP contribution in [0.1, 0.15) is 34.7 Å². The van der Waals surface area contributed by atoms with Crippen LogP contribution in [0.2, 0.25) is 0 Å². The first-order valence-electron chi connectivity index (χ1n) is 9.94. The van der Waals surface area contributed by atoms with Crippen molar-refractivity contribution in [2.24, 2.45) is 0 Å². The zero-order valence-electron chi connectivity index (χ0n) is 16.7. The third-order valence-corrected chi connectivity index (χ3v) is 6.35. The van der Waals surface area contributed by atoms with Gasteiger partial charge in [-0.1, -0.05) is 0 Å². The van der Waals surface area contributed by atoms with Gasteiger partial charge in [-0.15, -0.1) is 21.5 Å². The number of nitro benzene ring substituents is 1. The lowest BCUT2D eigenvalue weighted by Gasteiger charge is -2.08. The number of carbonyl (C=O) groups excluding carboxylic acids is 1. The van der Waals surface area contributed by atoms with Crippen LogP contribution in [-0.4, -0.2) is 27.9 Å². The molecule has 0 saturated heterocycles. The molecule has 3 aromatic rings. The Hall–Kier alpha value is -3.73. The Kier molecular flexibility index (Phi) is 5.31. The molecule has 32 heavy (non-hydrogen) atoms. The molecular weight excluding hydrogens is 438 g/mol. The minimum atomic E-state index is -0.705. The summed E-state index contributed by atoms with van der Waals surface area (Å²) in [5.41, 5.74) is 1.32. The highest BCUT2D eigenvalue weighted by atomic mass is 32.1. The van der Waals surface area contributed by atoms with Crippen LogP contribution in [0.3, 0.4) is 0 Å². The number of aryl methyl sites for hydroxylation is 2. The van der Waals surface area contributed by atoms with Gasteiger partial charge in [0, 0.05) is 11.0 Å². The van der Waals surface area contributed by atoms with Crippen molar-refractivity contribution >= 4 is 29.1 Å². The number of thiophene rings is 1. The van der Waals surface area contributed by atoms with Crippen LogP contribution in [0, 0.1) is 10.1 Å². The van der Waals surface area contributed by atoms with Gasteiger partial charge in [-0.3, -0.25) is 10.1 Å². The number of hydrogen-bond donors (Lipinski definition) is 0. The van der Waals surface area contributed by atoms with E-state index in [0.717, 1.165) is 23.8 Å². The Morgan fingerprint density at radius 2 is 2.00 bits per heavy atom. The number of aromatic nitrogens is 2. The number of hydrogen-bond acceptors (Lipinski definition) is 10. The fourth-order valence-electron chi connectivity index (χ4n) is 3.58. The molecule has 2 aliphatic rings. The number of benzene rings is 1. The quantitative estimate of drug-likeness (QED) is 0.234. The maximum absolute atomic E-state index is 12.1. The fourth-order valence-corrected chi connectivity index (χ4v) is 4.76. The number of carbonyl (C=O) groups is 1. The maximum atomic E-state index is 12.1. The van der Waals surface area contributed by atoms with E-state index >= 15 is 0 Å². The van der Waals surface area contributed by atoms with E-state index in [1.54, 1.807) is 11.3 Å². The summed E-state index contributed by atoms with van der Waals surface area (Å²) in [7, 11) is 0. The summed E-state index contributed by atoms with van der Waals surface area (Å²) in [5, 5.41) is 19.3. The highest BCUT2D eigenvalue weighted by Gasteiger charge is 2.22. The number of fused-ring (bicyclic) bond motifs is 2. The van der Waals surface area contributed by atoms with E-state index in [1.807, 2.05) is 0 Å². The summed E-state index contributed by atoms with van der Waals surface area (Å²) in [5.74, 6) is 0.528. The molecule has 0 N–H and O–H groups in total. The van der Waals surface area contributed by atoms with Gasteiger partial charge in [0.1, 0.15) is 0 Å². The SMILES string of the molecule is O=C(/C=C/c1cc2c(cc1[N+](=O)[O-])OCO2)OCc1nnc(-c2cc3c(s2)CCCC3)o1. The topological polar surface area (TPSA) is 127 Å². The summed E-state index contributed by atoms with van der Waals surface area (Å²) in [4.78, 5) is 25.1. The Balaban J connectivity index is 1.23. The van der Waals surface area contributed by atoms with Crippen LogP contribution in [0.5, 0.6) is 11.5 Å². The molecule has 11 heteroatoms. The summed E-state index contributed by atoms with van der Waals surface area (Å²) < 4.78 is 21.1. The lowest BCUT2D eigenvalue weighted by Crippen LogP contribution is -2.01. The minimum absolute atomic E-state index is 0.0119.